The molecule has 0 saturated carbocycles. The first kappa shape index (κ1) is 18.2. The number of benzene rings is 1. The van der Waals surface area contributed by atoms with Crippen molar-refractivity contribution in [3.63, 3.8) is 0 Å². The molecule has 1 unspecified atom stereocenters. The average molecular weight is 382 g/mol. The minimum Gasteiger partial charge on any atom is -0.497 e. The SMILES string of the molecule is COc1ccc(C(=O)OC2(C(F)(F)F)CSC(c3cccnc3)=N2)cc1. The first-order valence-corrected chi connectivity index (χ1v) is 8.40. The molecule has 0 aliphatic carbocycles. The van der Waals surface area contributed by atoms with Crippen molar-refractivity contribution in [1.82, 2.24) is 4.98 Å². The summed E-state index contributed by atoms with van der Waals surface area (Å²) in [6.45, 7) is 0. The summed E-state index contributed by atoms with van der Waals surface area (Å²) < 4.78 is 50.8. The fourth-order valence-corrected chi connectivity index (χ4v) is 3.35. The highest BCUT2D eigenvalue weighted by Crippen LogP contribution is 2.44. The number of nitrogens with zero attached hydrogens (tertiary/aromatic N) is 2. The van der Waals surface area contributed by atoms with Gasteiger partial charge in [0.25, 0.3) is 0 Å². The molecule has 0 N–H and O–H groups in total. The van der Waals surface area contributed by atoms with Gasteiger partial charge in [0.05, 0.1) is 18.4 Å². The molecule has 9 heteroatoms. The molecule has 26 heavy (non-hydrogen) atoms. The molecule has 0 fully saturated rings. The van der Waals surface area contributed by atoms with E-state index >= 15 is 0 Å². The largest absolute Gasteiger partial charge is 0.497 e. The fraction of sp³-hybridized carbons (Fsp3) is 0.235. The van der Waals surface area contributed by atoms with Gasteiger partial charge in [-0.2, -0.15) is 13.2 Å². The molecule has 0 spiro atoms. The number of pyridine rings is 1. The Kier molecular flexibility index (Phi) is 4.90. The number of aliphatic imine (C=N–C) groups is 1. The number of hydrogen-bond donors (Lipinski definition) is 0. The van der Waals surface area contributed by atoms with E-state index in [1.807, 2.05) is 0 Å². The van der Waals surface area contributed by atoms with Crippen LogP contribution in [0.2, 0.25) is 0 Å². The van der Waals surface area contributed by atoms with E-state index in [2.05, 4.69) is 9.98 Å². The Balaban J connectivity index is 1.89. The van der Waals surface area contributed by atoms with Crippen molar-refractivity contribution < 1.29 is 27.4 Å². The third-order valence-corrected chi connectivity index (χ3v) is 4.76. The summed E-state index contributed by atoms with van der Waals surface area (Å²) >= 11 is 0.865. The number of thioether (sulfide) groups is 1. The number of rotatable bonds is 4. The van der Waals surface area contributed by atoms with E-state index in [0.717, 1.165) is 11.8 Å². The Bertz CT molecular complexity index is 825. The molecule has 1 aliphatic rings. The topological polar surface area (TPSA) is 60.8 Å². The minimum absolute atomic E-state index is 0.0237. The van der Waals surface area contributed by atoms with Crippen molar-refractivity contribution in [1.29, 1.82) is 0 Å². The monoisotopic (exact) mass is 382 g/mol. The van der Waals surface area contributed by atoms with Crippen LogP contribution in [0.4, 0.5) is 13.2 Å². The Hall–Kier alpha value is -2.55. The summed E-state index contributed by atoms with van der Waals surface area (Å²) in [5.74, 6) is -1.19. The Labute approximate surface area is 151 Å². The second-order valence-electron chi connectivity index (χ2n) is 5.35. The summed E-state index contributed by atoms with van der Waals surface area (Å²) in [7, 11) is 1.44. The van der Waals surface area contributed by atoms with E-state index in [0.29, 0.717) is 11.3 Å². The summed E-state index contributed by atoms with van der Waals surface area (Å²) in [5.41, 5.74) is -2.52. The number of carbonyl (C=O) groups excluding carboxylic acids is 1. The van der Waals surface area contributed by atoms with Crippen LogP contribution in [0.15, 0.2) is 53.8 Å². The van der Waals surface area contributed by atoms with Gasteiger partial charge in [-0.05, 0) is 36.4 Å². The molecule has 3 rings (SSSR count). The van der Waals surface area contributed by atoms with E-state index < -0.39 is 23.6 Å². The van der Waals surface area contributed by atoms with Gasteiger partial charge in [0.1, 0.15) is 10.8 Å². The van der Waals surface area contributed by atoms with Gasteiger partial charge < -0.3 is 9.47 Å². The molecule has 1 aromatic carbocycles. The molecule has 5 nitrogen and oxygen atoms in total. The normalized spacial score (nSPS) is 19.8. The van der Waals surface area contributed by atoms with Gasteiger partial charge in [0.15, 0.2) is 0 Å². The fourth-order valence-electron chi connectivity index (χ4n) is 2.23. The molecule has 2 aromatic rings. The Morgan fingerprint density at radius 2 is 1.96 bits per heavy atom. The molecule has 136 valence electrons. The molecule has 0 bridgehead atoms. The number of esters is 1. The standard InChI is InChI=1S/C17H13F3N2O3S/c1-24-13-6-4-11(5-7-13)15(23)25-16(17(18,19)20)10-26-14(22-16)12-3-2-8-21-9-12/h2-9H,10H2,1H3. The quantitative estimate of drug-likeness (QED) is 0.755. The van der Waals surface area contributed by atoms with Crippen molar-refractivity contribution in [2.45, 2.75) is 11.9 Å². The van der Waals surface area contributed by atoms with Crippen LogP contribution in [0.5, 0.6) is 5.75 Å². The van der Waals surface area contributed by atoms with Crippen molar-refractivity contribution in [2.24, 2.45) is 4.99 Å². The van der Waals surface area contributed by atoms with Crippen LogP contribution in [0.1, 0.15) is 15.9 Å². The number of aromatic nitrogens is 1. The van der Waals surface area contributed by atoms with E-state index in [1.54, 1.807) is 12.1 Å². The van der Waals surface area contributed by atoms with E-state index in [-0.39, 0.29) is 10.6 Å². The number of alkyl halides is 3. The van der Waals surface area contributed by atoms with Crippen LogP contribution in [0.3, 0.4) is 0 Å². The van der Waals surface area contributed by atoms with E-state index in [9.17, 15) is 18.0 Å². The van der Waals surface area contributed by atoms with Crippen LogP contribution in [-0.2, 0) is 4.74 Å². The number of hydrogen-bond acceptors (Lipinski definition) is 6. The molecular formula is C17H13F3N2O3S. The Morgan fingerprint density at radius 1 is 1.23 bits per heavy atom. The molecular weight excluding hydrogens is 369 g/mol. The molecule has 1 atom stereocenters. The van der Waals surface area contributed by atoms with Crippen molar-refractivity contribution >= 4 is 22.8 Å². The van der Waals surface area contributed by atoms with Gasteiger partial charge >= 0.3 is 17.9 Å². The average Bonchev–Trinajstić information content (AvgIpc) is 3.08. The van der Waals surface area contributed by atoms with Gasteiger partial charge in [-0.1, -0.05) is 11.8 Å². The maximum absolute atomic E-state index is 13.7. The summed E-state index contributed by atoms with van der Waals surface area (Å²) in [4.78, 5) is 19.8. The molecule has 0 radical (unpaired) electrons. The zero-order valence-electron chi connectivity index (χ0n) is 13.5. The second-order valence-corrected chi connectivity index (χ2v) is 6.31. The van der Waals surface area contributed by atoms with E-state index in [4.69, 9.17) is 9.47 Å². The van der Waals surface area contributed by atoms with Gasteiger partial charge in [-0.15, -0.1) is 0 Å². The van der Waals surface area contributed by atoms with Crippen LogP contribution >= 0.6 is 11.8 Å². The molecule has 1 aliphatic heterocycles. The predicted molar refractivity (Wildman–Crippen MR) is 90.4 cm³/mol. The highest BCUT2D eigenvalue weighted by Gasteiger charge is 2.61. The zero-order valence-corrected chi connectivity index (χ0v) is 14.3. The van der Waals surface area contributed by atoms with Crippen molar-refractivity contribution in [3.8, 4) is 5.75 Å². The van der Waals surface area contributed by atoms with Gasteiger partial charge in [-0.25, -0.2) is 9.79 Å². The lowest BCUT2D eigenvalue weighted by molar-refractivity contribution is -0.245. The second kappa shape index (κ2) is 6.99. The van der Waals surface area contributed by atoms with Crippen molar-refractivity contribution in [3.05, 3.63) is 59.9 Å². The lowest BCUT2D eigenvalue weighted by Gasteiger charge is -2.27. The molecule has 2 heterocycles. The number of ether oxygens (including phenoxy) is 2. The van der Waals surface area contributed by atoms with Crippen LogP contribution in [-0.4, -0.2) is 40.8 Å². The third kappa shape index (κ3) is 3.52. The minimum atomic E-state index is -4.86. The molecule has 1 aromatic heterocycles. The lowest BCUT2D eigenvalue weighted by Crippen LogP contribution is -2.48. The predicted octanol–water partition coefficient (Wildman–Crippen LogP) is 3.70. The van der Waals surface area contributed by atoms with Crippen LogP contribution in [0, 0.1) is 0 Å². The van der Waals surface area contributed by atoms with Gasteiger partial charge in [0.2, 0.25) is 0 Å². The maximum Gasteiger partial charge on any atom is 0.451 e. The number of methoxy groups -OCH3 is 1. The van der Waals surface area contributed by atoms with Gasteiger partial charge in [0, 0.05) is 18.0 Å². The zero-order chi connectivity index (χ0) is 18.8. The number of carbonyl (C=O) groups is 1. The first-order chi connectivity index (χ1) is 12.3. The highest BCUT2D eigenvalue weighted by atomic mass is 32.2. The number of halogens is 3. The lowest BCUT2D eigenvalue weighted by atomic mass is 10.2. The highest BCUT2D eigenvalue weighted by molar-refractivity contribution is 8.14. The van der Waals surface area contributed by atoms with Gasteiger partial charge in [-0.3, -0.25) is 4.98 Å². The van der Waals surface area contributed by atoms with E-state index in [1.165, 1.54) is 43.8 Å². The molecule has 0 saturated heterocycles. The summed E-state index contributed by atoms with van der Waals surface area (Å²) in [6, 6.07) is 8.78. The van der Waals surface area contributed by atoms with Crippen LogP contribution in [0.25, 0.3) is 0 Å². The molecule has 0 amide bonds. The Morgan fingerprint density at radius 3 is 2.54 bits per heavy atom. The third-order valence-electron chi connectivity index (χ3n) is 3.63. The first-order valence-electron chi connectivity index (χ1n) is 7.42. The summed E-state index contributed by atoms with van der Waals surface area (Å²) in [6.07, 6.45) is -1.94. The maximum atomic E-state index is 13.7. The summed E-state index contributed by atoms with van der Waals surface area (Å²) in [5, 5.41) is 0.123. The van der Waals surface area contributed by atoms with Crippen LogP contribution < -0.4 is 4.74 Å². The smallest absolute Gasteiger partial charge is 0.451 e. The van der Waals surface area contributed by atoms with Crippen molar-refractivity contribution in [2.75, 3.05) is 12.9 Å².